The Morgan fingerprint density at radius 2 is 1.68 bits per heavy atom. The van der Waals surface area contributed by atoms with E-state index in [1.165, 1.54) is 0 Å². The van der Waals surface area contributed by atoms with Gasteiger partial charge in [-0.25, -0.2) is 13.2 Å². The molecule has 1 N–H and O–H groups in total. The molecule has 144 valence electrons. The molecule has 3 rings (SSSR count). The fourth-order valence-electron chi connectivity index (χ4n) is 2.98. The summed E-state index contributed by atoms with van der Waals surface area (Å²) in [5.41, 5.74) is 3.06. The number of carboxylic acids is 1. The summed E-state index contributed by atoms with van der Waals surface area (Å²) in [6.07, 6.45) is 0. The van der Waals surface area contributed by atoms with Crippen LogP contribution in [0, 0.1) is 13.8 Å². The lowest BCUT2D eigenvalue weighted by Gasteiger charge is -2.14. The second-order valence-corrected chi connectivity index (χ2v) is 8.40. The molecule has 0 atom stereocenters. The topological polar surface area (TPSA) is 80.7 Å². The molecule has 28 heavy (non-hydrogen) atoms. The Labute approximate surface area is 164 Å². The highest BCUT2D eigenvalue weighted by molar-refractivity contribution is 7.91. The zero-order chi connectivity index (χ0) is 20.3. The van der Waals surface area contributed by atoms with Gasteiger partial charge >= 0.3 is 5.97 Å². The number of hydrogen-bond donors (Lipinski definition) is 1. The molecule has 3 aromatic carbocycles. The number of carbonyl (C=O) groups is 1. The van der Waals surface area contributed by atoms with Crippen LogP contribution in [0.5, 0.6) is 5.75 Å². The molecule has 3 aromatic rings. The summed E-state index contributed by atoms with van der Waals surface area (Å²) >= 11 is 0. The molecule has 0 amide bonds. The molecular weight excluding hydrogens is 376 g/mol. The van der Waals surface area contributed by atoms with Crippen molar-refractivity contribution < 1.29 is 23.1 Å². The number of carboxylic acid groups (broad SMARTS) is 1. The zero-order valence-corrected chi connectivity index (χ0v) is 16.4. The SMILES string of the molecule is Cc1ccc(OCC(=O)O)c(-c2ccc(S(=O)(=O)c3ccccc3)c(C)c2)c1. The summed E-state index contributed by atoms with van der Waals surface area (Å²) in [7, 11) is -3.62. The van der Waals surface area contributed by atoms with E-state index < -0.39 is 22.4 Å². The number of sulfone groups is 1. The van der Waals surface area contributed by atoms with E-state index in [2.05, 4.69) is 0 Å². The van der Waals surface area contributed by atoms with Crippen molar-refractivity contribution in [3.8, 4) is 16.9 Å². The quantitative estimate of drug-likeness (QED) is 0.673. The van der Waals surface area contributed by atoms with Crippen LogP contribution in [-0.2, 0) is 14.6 Å². The molecule has 0 saturated heterocycles. The van der Waals surface area contributed by atoms with Crippen LogP contribution in [0.15, 0.2) is 76.5 Å². The van der Waals surface area contributed by atoms with E-state index in [1.54, 1.807) is 61.5 Å². The Bertz CT molecular complexity index is 1120. The lowest BCUT2D eigenvalue weighted by atomic mass is 10.0. The van der Waals surface area contributed by atoms with Crippen LogP contribution in [0.1, 0.15) is 11.1 Å². The Hall–Kier alpha value is -3.12. The number of hydrogen-bond acceptors (Lipinski definition) is 4. The summed E-state index contributed by atoms with van der Waals surface area (Å²) in [4.78, 5) is 11.3. The molecule has 0 radical (unpaired) electrons. The average molecular weight is 396 g/mol. The molecule has 0 heterocycles. The fraction of sp³-hybridized carbons (Fsp3) is 0.136. The van der Waals surface area contributed by atoms with Gasteiger partial charge in [0.2, 0.25) is 9.84 Å². The maximum atomic E-state index is 12.9. The van der Waals surface area contributed by atoms with Gasteiger partial charge in [-0.2, -0.15) is 0 Å². The summed E-state index contributed by atoms with van der Waals surface area (Å²) in [5.74, 6) is -0.627. The second-order valence-electron chi connectivity index (χ2n) is 6.48. The van der Waals surface area contributed by atoms with E-state index in [1.807, 2.05) is 19.1 Å². The number of rotatable bonds is 6. The monoisotopic (exact) mass is 396 g/mol. The highest BCUT2D eigenvalue weighted by Gasteiger charge is 2.20. The van der Waals surface area contributed by atoms with Crippen molar-refractivity contribution in [3.63, 3.8) is 0 Å². The van der Waals surface area contributed by atoms with E-state index in [0.29, 0.717) is 16.9 Å². The van der Waals surface area contributed by atoms with Crippen LogP contribution in [0.2, 0.25) is 0 Å². The van der Waals surface area contributed by atoms with Crippen molar-refractivity contribution in [1.29, 1.82) is 0 Å². The van der Waals surface area contributed by atoms with Crippen LogP contribution in [0.4, 0.5) is 0 Å². The molecular formula is C22H20O5S. The van der Waals surface area contributed by atoms with Gasteiger partial charge in [-0.1, -0.05) is 35.9 Å². The lowest BCUT2D eigenvalue weighted by Crippen LogP contribution is -2.10. The third-order valence-electron chi connectivity index (χ3n) is 4.32. The molecule has 0 fully saturated rings. The largest absolute Gasteiger partial charge is 0.481 e. The highest BCUT2D eigenvalue weighted by Crippen LogP contribution is 2.34. The standard InChI is InChI=1S/C22H20O5S/c1-15-8-10-20(27-14-22(23)24)19(12-15)17-9-11-21(16(2)13-17)28(25,26)18-6-4-3-5-7-18/h3-13H,14H2,1-2H3,(H,23,24). The van der Waals surface area contributed by atoms with Crippen molar-refractivity contribution in [1.82, 2.24) is 0 Å². The fourth-order valence-corrected chi connectivity index (χ4v) is 4.48. The van der Waals surface area contributed by atoms with Gasteiger partial charge in [-0.3, -0.25) is 0 Å². The van der Waals surface area contributed by atoms with Gasteiger partial charge in [0.15, 0.2) is 6.61 Å². The number of ether oxygens (including phenoxy) is 1. The number of aryl methyl sites for hydroxylation is 2. The first kappa shape index (κ1) is 19.6. The third-order valence-corrected chi connectivity index (χ3v) is 6.25. The number of benzene rings is 3. The Kier molecular flexibility index (Phi) is 5.51. The van der Waals surface area contributed by atoms with Crippen molar-refractivity contribution in [2.75, 3.05) is 6.61 Å². The second kappa shape index (κ2) is 7.86. The summed E-state index contributed by atoms with van der Waals surface area (Å²) in [5, 5.41) is 8.88. The molecule has 0 spiro atoms. The lowest BCUT2D eigenvalue weighted by molar-refractivity contribution is -0.139. The van der Waals surface area contributed by atoms with Gasteiger partial charge < -0.3 is 9.84 Å². The molecule has 0 saturated carbocycles. The Balaban J connectivity index is 2.04. The van der Waals surface area contributed by atoms with Crippen LogP contribution < -0.4 is 4.74 Å². The van der Waals surface area contributed by atoms with E-state index in [0.717, 1.165) is 11.1 Å². The van der Waals surface area contributed by atoms with Gasteiger partial charge in [-0.05, 0) is 61.4 Å². The van der Waals surface area contributed by atoms with E-state index in [-0.39, 0.29) is 9.79 Å². The summed E-state index contributed by atoms with van der Waals surface area (Å²) in [6, 6.07) is 18.8. The van der Waals surface area contributed by atoms with Gasteiger partial charge in [0.25, 0.3) is 0 Å². The van der Waals surface area contributed by atoms with Gasteiger partial charge in [0.05, 0.1) is 9.79 Å². The molecule has 0 aromatic heterocycles. The molecule has 0 aliphatic rings. The van der Waals surface area contributed by atoms with Crippen LogP contribution in [0.25, 0.3) is 11.1 Å². The summed E-state index contributed by atoms with van der Waals surface area (Å²) in [6.45, 7) is 3.22. The minimum absolute atomic E-state index is 0.239. The normalized spacial score (nSPS) is 11.2. The maximum Gasteiger partial charge on any atom is 0.341 e. The van der Waals surface area contributed by atoms with Crippen LogP contribution in [0.3, 0.4) is 0 Å². The first-order valence-corrected chi connectivity index (χ1v) is 10.1. The number of aliphatic carboxylic acids is 1. The average Bonchev–Trinajstić information content (AvgIpc) is 2.67. The van der Waals surface area contributed by atoms with Crippen molar-refractivity contribution in [3.05, 3.63) is 77.9 Å². The predicted octanol–water partition coefficient (Wildman–Crippen LogP) is 4.27. The Morgan fingerprint density at radius 3 is 2.32 bits per heavy atom. The van der Waals surface area contributed by atoms with Gasteiger partial charge in [0.1, 0.15) is 5.75 Å². The maximum absolute atomic E-state index is 12.9. The predicted molar refractivity (Wildman–Crippen MR) is 106 cm³/mol. The molecule has 0 aliphatic carbocycles. The minimum atomic E-state index is -3.62. The van der Waals surface area contributed by atoms with Crippen LogP contribution in [-0.4, -0.2) is 26.1 Å². The van der Waals surface area contributed by atoms with E-state index in [9.17, 15) is 13.2 Å². The highest BCUT2D eigenvalue weighted by atomic mass is 32.2. The van der Waals surface area contributed by atoms with Crippen molar-refractivity contribution in [2.45, 2.75) is 23.6 Å². The molecule has 6 heteroatoms. The van der Waals surface area contributed by atoms with Crippen molar-refractivity contribution >= 4 is 15.8 Å². The van der Waals surface area contributed by atoms with E-state index >= 15 is 0 Å². The molecule has 0 aliphatic heterocycles. The van der Waals surface area contributed by atoms with Gasteiger partial charge in [-0.15, -0.1) is 0 Å². The minimum Gasteiger partial charge on any atom is -0.481 e. The summed E-state index contributed by atoms with van der Waals surface area (Å²) < 4.78 is 31.2. The molecule has 5 nitrogen and oxygen atoms in total. The van der Waals surface area contributed by atoms with Crippen LogP contribution >= 0.6 is 0 Å². The molecule has 0 unspecified atom stereocenters. The van der Waals surface area contributed by atoms with E-state index in [4.69, 9.17) is 9.84 Å². The first-order chi connectivity index (χ1) is 13.3. The smallest absolute Gasteiger partial charge is 0.341 e. The first-order valence-electron chi connectivity index (χ1n) is 8.65. The van der Waals surface area contributed by atoms with Crippen molar-refractivity contribution in [2.24, 2.45) is 0 Å². The Morgan fingerprint density at radius 1 is 0.964 bits per heavy atom. The molecule has 0 bridgehead atoms. The zero-order valence-electron chi connectivity index (χ0n) is 15.5. The third kappa shape index (κ3) is 4.07. The van der Waals surface area contributed by atoms with Gasteiger partial charge in [0, 0.05) is 5.56 Å².